The molecule has 0 spiro atoms. The first-order valence-corrected chi connectivity index (χ1v) is 9.79. The molecular formula is C20H19F3N6. The second-order valence-corrected chi connectivity index (χ2v) is 7.42. The number of hydrogen-bond acceptors (Lipinski definition) is 6. The summed E-state index contributed by atoms with van der Waals surface area (Å²) in [6, 6.07) is 1.42. The van der Waals surface area contributed by atoms with Gasteiger partial charge in [-0.15, -0.1) is 10.2 Å². The molecule has 4 heterocycles. The van der Waals surface area contributed by atoms with E-state index in [2.05, 4.69) is 25.1 Å². The average Bonchev–Trinajstić information content (AvgIpc) is 3.41. The fourth-order valence-corrected chi connectivity index (χ4v) is 4.31. The van der Waals surface area contributed by atoms with Crippen LogP contribution in [0.15, 0.2) is 18.5 Å². The van der Waals surface area contributed by atoms with Crippen molar-refractivity contribution >= 4 is 22.7 Å². The number of anilines is 2. The Morgan fingerprint density at radius 1 is 0.793 bits per heavy atom. The molecule has 0 saturated carbocycles. The van der Waals surface area contributed by atoms with Crippen molar-refractivity contribution < 1.29 is 13.2 Å². The molecule has 1 aromatic carbocycles. The number of benzene rings is 1. The number of pyridine rings is 1. The maximum absolute atomic E-state index is 14.9. The molecular weight excluding hydrogens is 381 g/mol. The zero-order chi connectivity index (χ0) is 20.0. The third kappa shape index (κ3) is 3.04. The number of rotatable bonds is 3. The van der Waals surface area contributed by atoms with Crippen LogP contribution in [0, 0.1) is 17.5 Å². The Morgan fingerprint density at radius 3 is 2.07 bits per heavy atom. The van der Waals surface area contributed by atoms with Crippen molar-refractivity contribution in [3.05, 3.63) is 35.9 Å². The van der Waals surface area contributed by atoms with Gasteiger partial charge in [0.1, 0.15) is 35.1 Å². The van der Waals surface area contributed by atoms with Crippen molar-refractivity contribution in [1.29, 1.82) is 0 Å². The van der Waals surface area contributed by atoms with E-state index in [1.54, 1.807) is 0 Å². The van der Waals surface area contributed by atoms with Crippen LogP contribution < -0.4 is 9.80 Å². The summed E-state index contributed by atoms with van der Waals surface area (Å²) in [5, 5.41) is 7.95. The zero-order valence-corrected chi connectivity index (χ0v) is 15.7. The Kier molecular flexibility index (Phi) is 4.44. The minimum Gasteiger partial charge on any atom is -0.369 e. The molecule has 0 N–H and O–H groups in total. The highest BCUT2D eigenvalue weighted by Gasteiger charge is 2.31. The van der Waals surface area contributed by atoms with Gasteiger partial charge in [-0.25, -0.2) is 23.1 Å². The van der Waals surface area contributed by atoms with Crippen molar-refractivity contribution in [1.82, 2.24) is 20.2 Å². The molecule has 2 saturated heterocycles. The molecule has 0 unspecified atom stereocenters. The Labute approximate surface area is 165 Å². The molecule has 0 amide bonds. The Balaban J connectivity index is 1.89. The van der Waals surface area contributed by atoms with Crippen LogP contribution >= 0.6 is 0 Å². The van der Waals surface area contributed by atoms with Crippen LogP contribution in [0.1, 0.15) is 25.7 Å². The van der Waals surface area contributed by atoms with E-state index in [1.165, 1.54) is 6.33 Å². The van der Waals surface area contributed by atoms with Crippen LogP contribution in [-0.2, 0) is 0 Å². The van der Waals surface area contributed by atoms with Crippen LogP contribution in [0.4, 0.5) is 24.7 Å². The minimum atomic E-state index is -0.952. The van der Waals surface area contributed by atoms with Gasteiger partial charge in [0.2, 0.25) is 5.65 Å². The molecule has 29 heavy (non-hydrogen) atoms. The van der Waals surface area contributed by atoms with Gasteiger partial charge in [0.25, 0.3) is 0 Å². The molecule has 2 aromatic heterocycles. The third-order valence-electron chi connectivity index (χ3n) is 5.58. The molecule has 0 bridgehead atoms. The smallest absolute Gasteiger partial charge is 0.204 e. The Hall–Kier alpha value is -2.97. The quantitative estimate of drug-likeness (QED) is 0.668. The molecule has 0 radical (unpaired) electrons. The van der Waals surface area contributed by atoms with Gasteiger partial charge < -0.3 is 9.80 Å². The van der Waals surface area contributed by atoms with Crippen molar-refractivity contribution in [2.45, 2.75) is 25.7 Å². The van der Waals surface area contributed by atoms with E-state index in [0.717, 1.165) is 51.9 Å². The molecule has 2 fully saturated rings. The van der Waals surface area contributed by atoms with Crippen LogP contribution in [0.3, 0.4) is 0 Å². The fraction of sp³-hybridized carbons (Fsp3) is 0.400. The number of aromatic nitrogens is 4. The lowest BCUT2D eigenvalue weighted by Gasteiger charge is -2.28. The van der Waals surface area contributed by atoms with Gasteiger partial charge in [0, 0.05) is 38.3 Å². The summed E-state index contributed by atoms with van der Waals surface area (Å²) >= 11 is 0. The van der Waals surface area contributed by atoms with Gasteiger partial charge in [-0.05, 0) is 25.7 Å². The van der Waals surface area contributed by atoms with Gasteiger partial charge in [0.05, 0.1) is 16.8 Å². The molecule has 150 valence electrons. The van der Waals surface area contributed by atoms with Crippen molar-refractivity contribution in [3.63, 3.8) is 0 Å². The van der Waals surface area contributed by atoms with Gasteiger partial charge in [-0.3, -0.25) is 0 Å². The van der Waals surface area contributed by atoms with Gasteiger partial charge in [-0.2, -0.15) is 0 Å². The minimum absolute atomic E-state index is 0.275. The molecule has 2 aliphatic rings. The van der Waals surface area contributed by atoms with E-state index in [4.69, 9.17) is 0 Å². The second kappa shape index (κ2) is 7.13. The third-order valence-corrected chi connectivity index (χ3v) is 5.58. The highest BCUT2D eigenvalue weighted by molar-refractivity contribution is 6.01. The summed E-state index contributed by atoms with van der Waals surface area (Å²) in [4.78, 5) is 13.0. The normalized spacial score (nSPS) is 16.9. The summed E-state index contributed by atoms with van der Waals surface area (Å²) in [5.74, 6) is -2.41. The van der Waals surface area contributed by atoms with Crippen molar-refractivity contribution in [3.8, 4) is 11.1 Å². The predicted octanol–water partition coefficient (Wildman–Crippen LogP) is 3.70. The van der Waals surface area contributed by atoms with E-state index in [9.17, 15) is 13.2 Å². The lowest BCUT2D eigenvalue weighted by molar-refractivity contribution is 0.548. The van der Waals surface area contributed by atoms with E-state index in [1.807, 2.05) is 4.90 Å². The van der Waals surface area contributed by atoms with Gasteiger partial charge in [-0.1, -0.05) is 0 Å². The number of fused-ring (bicyclic) bond motifs is 1. The maximum atomic E-state index is 14.9. The Bertz CT molecular complexity index is 1050. The topological polar surface area (TPSA) is 58.0 Å². The highest BCUT2D eigenvalue weighted by Crippen LogP contribution is 2.45. The molecule has 5 rings (SSSR count). The number of hydrogen-bond donors (Lipinski definition) is 0. The predicted molar refractivity (Wildman–Crippen MR) is 103 cm³/mol. The summed E-state index contributed by atoms with van der Waals surface area (Å²) in [7, 11) is 0. The molecule has 2 aliphatic heterocycles. The van der Waals surface area contributed by atoms with Crippen LogP contribution in [-0.4, -0.2) is 46.3 Å². The van der Waals surface area contributed by atoms with E-state index >= 15 is 0 Å². The highest BCUT2D eigenvalue weighted by atomic mass is 19.1. The van der Waals surface area contributed by atoms with E-state index in [0.29, 0.717) is 40.4 Å². The first kappa shape index (κ1) is 18.1. The molecule has 3 aromatic rings. The van der Waals surface area contributed by atoms with Gasteiger partial charge >= 0.3 is 0 Å². The first-order chi connectivity index (χ1) is 14.1. The van der Waals surface area contributed by atoms with E-state index < -0.39 is 17.5 Å². The Morgan fingerprint density at radius 2 is 1.41 bits per heavy atom. The lowest BCUT2D eigenvalue weighted by Crippen LogP contribution is -2.25. The van der Waals surface area contributed by atoms with Crippen LogP contribution in [0.2, 0.25) is 0 Å². The monoisotopic (exact) mass is 400 g/mol. The maximum Gasteiger partial charge on any atom is 0.204 e. The van der Waals surface area contributed by atoms with Crippen LogP contribution in [0.25, 0.3) is 22.3 Å². The molecule has 0 atom stereocenters. The fourth-order valence-electron chi connectivity index (χ4n) is 4.31. The second-order valence-electron chi connectivity index (χ2n) is 7.42. The largest absolute Gasteiger partial charge is 0.369 e. The first-order valence-electron chi connectivity index (χ1n) is 9.79. The van der Waals surface area contributed by atoms with E-state index in [-0.39, 0.29) is 5.56 Å². The molecule has 0 aliphatic carbocycles. The SMILES string of the molecule is Fc1cc(F)c(-c2c(N3CCCC3)nc3nncnc3c2N2CCCC2)c(F)c1. The summed E-state index contributed by atoms with van der Waals surface area (Å²) in [6.07, 6.45) is 5.17. The zero-order valence-electron chi connectivity index (χ0n) is 15.7. The van der Waals surface area contributed by atoms with Crippen molar-refractivity contribution in [2.24, 2.45) is 0 Å². The molecule has 9 heteroatoms. The van der Waals surface area contributed by atoms with Gasteiger partial charge in [0.15, 0.2) is 0 Å². The lowest BCUT2D eigenvalue weighted by atomic mass is 10.0. The van der Waals surface area contributed by atoms with Crippen LogP contribution in [0.5, 0.6) is 0 Å². The summed E-state index contributed by atoms with van der Waals surface area (Å²) in [5.41, 5.74) is 1.42. The molecule has 6 nitrogen and oxygen atoms in total. The number of nitrogens with zero attached hydrogens (tertiary/aromatic N) is 6. The standard InChI is InChI=1S/C20H19F3N6/c21-12-9-13(22)15(14(23)10-12)16-18(28-5-1-2-6-28)17-19(27-25-11-24-17)26-20(16)29-7-3-4-8-29/h9-11H,1-8H2. The average molecular weight is 400 g/mol. The summed E-state index contributed by atoms with van der Waals surface area (Å²) < 4.78 is 43.5. The number of halogens is 3. The van der Waals surface area contributed by atoms with Crippen molar-refractivity contribution in [2.75, 3.05) is 36.0 Å². The summed E-state index contributed by atoms with van der Waals surface area (Å²) in [6.45, 7) is 2.92.